The molecule has 4 rings (SSSR count). The van der Waals surface area contributed by atoms with Crippen LogP contribution in [-0.4, -0.2) is 54.8 Å². The van der Waals surface area contributed by atoms with Crippen LogP contribution in [0.2, 0.25) is 0 Å². The number of nitrogens with zero attached hydrogens (tertiary/aromatic N) is 1. The second kappa shape index (κ2) is 12.5. The first kappa shape index (κ1) is 28.5. The van der Waals surface area contributed by atoms with Crippen molar-refractivity contribution in [1.82, 2.24) is 4.90 Å². The standard InChI is InChI=1S/C29H27F3N2O6/c1-19(35)38-18-27(36)34-15-13-22(14-16-34)39-24-6-4-5-21(17-24)33-28(37)26-8-3-2-7-25(26)20-9-11-23(12-10-20)40-29(30,31)32/h2-12,17,22H,13-16,18H2,1H3,(H,33,37). The van der Waals surface area contributed by atoms with Gasteiger partial charge >= 0.3 is 12.3 Å². The number of ether oxygens (including phenoxy) is 3. The Morgan fingerprint density at radius 1 is 0.925 bits per heavy atom. The molecule has 0 bridgehead atoms. The van der Waals surface area contributed by atoms with E-state index in [-0.39, 0.29) is 24.4 Å². The Kier molecular flexibility index (Phi) is 8.93. The first-order valence-corrected chi connectivity index (χ1v) is 12.5. The van der Waals surface area contributed by atoms with E-state index >= 15 is 0 Å². The van der Waals surface area contributed by atoms with Crippen molar-refractivity contribution in [1.29, 1.82) is 0 Å². The Morgan fingerprint density at radius 3 is 2.30 bits per heavy atom. The molecule has 1 aliphatic heterocycles. The molecule has 11 heteroatoms. The van der Waals surface area contributed by atoms with Gasteiger partial charge in [0.15, 0.2) is 6.61 Å². The van der Waals surface area contributed by atoms with Crippen LogP contribution in [0.4, 0.5) is 18.9 Å². The summed E-state index contributed by atoms with van der Waals surface area (Å²) in [5, 5.41) is 2.85. The molecule has 3 aromatic carbocycles. The van der Waals surface area contributed by atoms with E-state index in [1.807, 2.05) is 0 Å². The molecule has 0 unspecified atom stereocenters. The highest BCUT2D eigenvalue weighted by atomic mass is 19.4. The summed E-state index contributed by atoms with van der Waals surface area (Å²) >= 11 is 0. The van der Waals surface area contributed by atoms with E-state index in [9.17, 15) is 27.6 Å². The number of hydrogen-bond acceptors (Lipinski definition) is 6. The van der Waals surface area contributed by atoms with Crippen LogP contribution < -0.4 is 14.8 Å². The molecule has 3 aromatic rings. The fourth-order valence-corrected chi connectivity index (χ4v) is 4.28. The maximum atomic E-state index is 13.2. The number of benzene rings is 3. The van der Waals surface area contributed by atoms with Crippen molar-refractivity contribution in [3.05, 3.63) is 78.4 Å². The van der Waals surface area contributed by atoms with Gasteiger partial charge in [0.1, 0.15) is 17.6 Å². The van der Waals surface area contributed by atoms with E-state index in [1.165, 1.54) is 31.2 Å². The first-order valence-electron chi connectivity index (χ1n) is 12.5. The summed E-state index contributed by atoms with van der Waals surface area (Å²) < 4.78 is 52.2. The van der Waals surface area contributed by atoms with E-state index < -0.39 is 18.2 Å². The van der Waals surface area contributed by atoms with Crippen LogP contribution in [0.5, 0.6) is 11.5 Å². The van der Waals surface area contributed by atoms with Gasteiger partial charge in [0.2, 0.25) is 0 Å². The first-order chi connectivity index (χ1) is 19.1. The van der Waals surface area contributed by atoms with E-state index in [4.69, 9.17) is 9.47 Å². The second-order valence-corrected chi connectivity index (χ2v) is 9.08. The molecule has 0 aliphatic carbocycles. The lowest BCUT2D eigenvalue weighted by molar-refractivity contribution is -0.274. The minimum atomic E-state index is -4.79. The van der Waals surface area contributed by atoms with Crippen molar-refractivity contribution in [2.24, 2.45) is 0 Å². The molecule has 0 radical (unpaired) electrons. The Bertz CT molecular complexity index is 1350. The van der Waals surface area contributed by atoms with Crippen molar-refractivity contribution >= 4 is 23.5 Å². The second-order valence-electron chi connectivity index (χ2n) is 9.08. The number of alkyl halides is 3. The lowest BCUT2D eigenvalue weighted by Gasteiger charge is -2.32. The van der Waals surface area contributed by atoms with E-state index in [0.29, 0.717) is 54.1 Å². The highest BCUT2D eigenvalue weighted by Gasteiger charge is 2.31. The number of nitrogens with one attached hydrogen (secondary N) is 1. The number of anilines is 1. The van der Waals surface area contributed by atoms with Gasteiger partial charge in [-0.05, 0) is 41.5 Å². The van der Waals surface area contributed by atoms with Crippen molar-refractivity contribution in [3.63, 3.8) is 0 Å². The highest BCUT2D eigenvalue weighted by Crippen LogP contribution is 2.29. The molecule has 210 valence electrons. The average molecular weight is 557 g/mol. The number of carbonyl (C=O) groups excluding carboxylic acids is 3. The SMILES string of the molecule is CC(=O)OCC(=O)N1CCC(Oc2cccc(NC(=O)c3ccccc3-c3ccc(OC(F)(F)F)cc3)c2)CC1. The summed E-state index contributed by atoms with van der Waals surface area (Å²) in [5.41, 5.74) is 1.93. The number of carbonyl (C=O) groups is 3. The van der Waals surface area contributed by atoms with Gasteiger partial charge in [-0.1, -0.05) is 36.4 Å². The van der Waals surface area contributed by atoms with Crippen molar-refractivity contribution in [3.8, 4) is 22.6 Å². The molecular formula is C29H27F3N2O6. The van der Waals surface area contributed by atoms with Gasteiger partial charge in [-0.3, -0.25) is 14.4 Å². The third kappa shape index (κ3) is 7.98. The van der Waals surface area contributed by atoms with Gasteiger partial charge in [-0.25, -0.2) is 0 Å². The highest BCUT2D eigenvalue weighted by molar-refractivity contribution is 6.08. The van der Waals surface area contributed by atoms with Gasteiger partial charge in [-0.2, -0.15) is 0 Å². The van der Waals surface area contributed by atoms with Crippen LogP contribution in [0, 0.1) is 0 Å². The van der Waals surface area contributed by atoms with Gasteiger partial charge in [-0.15, -0.1) is 13.2 Å². The number of likely N-dealkylation sites (tertiary alicyclic amines) is 1. The molecule has 0 spiro atoms. The summed E-state index contributed by atoms with van der Waals surface area (Å²) in [6, 6.07) is 19.0. The van der Waals surface area contributed by atoms with Crippen LogP contribution in [0.25, 0.3) is 11.1 Å². The predicted octanol–water partition coefficient (Wildman–Crippen LogP) is 5.44. The third-order valence-corrected chi connectivity index (χ3v) is 6.16. The molecular weight excluding hydrogens is 529 g/mol. The average Bonchev–Trinajstić information content (AvgIpc) is 2.92. The predicted molar refractivity (Wildman–Crippen MR) is 140 cm³/mol. The van der Waals surface area contributed by atoms with Crippen LogP contribution in [0.15, 0.2) is 72.8 Å². The molecule has 0 aromatic heterocycles. The van der Waals surface area contributed by atoms with Gasteiger partial charge in [0, 0.05) is 50.2 Å². The van der Waals surface area contributed by atoms with Gasteiger partial charge in [0.25, 0.3) is 11.8 Å². The maximum Gasteiger partial charge on any atom is 0.573 e. The van der Waals surface area contributed by atoms with Gasteiger partial charge < -0.3 is 24.4 Å². The van der Waals surface area contributed by atoms with Crippen LogP contribution in [0.3, 0.4) is 0 Å². The lowest BCUT2D eigenvalue weighted by atomic mass is 9.99. The summed E-state index contributed by atoms with van der Waals surface area (Å²) in [5.74, 6) is -0.951. The summed E-state index contributed by atoms with van der Waals surface area (Å²) in [6.45, 7) is 1.92. The van der Waals surface area contributed by atoms with Crippen LogP contribution >= 0.6 is 0 Å². The molecule has 1 fully saturated rings. The third-order valence-electron chi connectivity index (χ3n) is 6.16. The summed E-state index contributed by atoms with van der Waals surface area (Å²) in [6.07, 6.45) is -3.72. The summed E-state index contributed by atoms with van der Waals surface area (Å²) in [7, 11) is 0. The van der Waals surface area contributed by atoms with Crippen molar-refractivity contribution < 1.29 is 41.8 Å². The fraction of sp³-hybridized carbons (Fsp3) is 0.276. The Morgan fingerprint density at radius 2 is 1.62 bits per heavy atom. The van der Waals surface area contributed by atoms with Gasteiger partial charge in [0.05, 0.1) is 0 Å². The zero-order valence-corrected chi connectivity index (χ0v) is 21.6. The smallest absolute Gasteiger partial charge is 0.490 e. The van der Waals surface area contributed by atoms with Crippen LogP contribution in [-0.2, 0) is 14.3 Å². The molecule has 1 heterocycles. The zero-order chi connectivity index (χ0) is 28.7. The zero-order valence-electron chi connectivity index (χ0n) is 21.6. The number of piperidine rings is 1. The van der Waals surface area contributed by atoms with Crippen molar-refractivity contribution in [2.45, 2.75) is 32.2 Å². The Balaban J connectivity index is 1.37. The molecule has 40 heavy (non-hydrogen) atoms. The molecule has 2 amide bonds. The Hall–Kier alpha value is -4.54. The van der Waals surface area contributed by atoms with Crippen LogP contribution in [0.1, 0.15) is 30.1 Å². The minimum Gasteiger partial charge on any atom is -0.490 e. The number of esters is 1. The normalized spacial score (nSPS) is 13.8. The number of hydrogen-bond donors (Lipinski definition) is 1. The van der Waals surface area contributed by atoms with E-state index in [1.54, 1.807) is 53.4 Å². The summed E-state index contributed by atoms with van der Waals surface area (Å²) in [4.78, 5) is 37.8. The molecule has 1 saturated heterocycles. The van der Waals surface area contributed by atoms with E-state index in [2.05, 4.69) is 10.1 Å². The lowest BCUT2D eigenvalue weighted by Crippen LogP contribution is -2.43. The Labute approximate surface area is 228 Å². The quantitative estimate of drug-likeness (QED) is 0.372. The molecule has 1 aliphatic rings. The fourth-order valence-electron chi connectivity index (χ4n) is 4.28. The molecule has 0 atom stereocenters. The number of halogens is 3. The molecule has 8 nitrogen and oxygen atoms in total. The number of rotatable bonds is 8. The van der Waals surface area contributed by atoms with E-state index in [0.717, 1.165) is 0 Å². The number of amides is 2. The monoisotopic (exact) mass is 556 g/mol. The molecule has 1 N–H and O–H groups in total. The topological polar surface area (TPSA) is 94.2 Å². The largest absolute Gasteiger partial charge is 0.573 e. The maximum absolute atomic E-state index is 13.2. The molecule has 0 saturated carbocycles. The minimum absolute atomic E-state index is 0.131. The van der Waals surface area contributed by atoms with Crippen molar-refractivity contribution in [2.75, 3.05) is 25.0 Å².